The predicted molar refractivity (Wildman–Crippen MR) is 257 cm³/mol. The largest absolute Gasteiger partial charge is 0.255 e. The molecule has 62 heavy (non-hydrogen) atoms. The molecular weight excluding hydrogens is 771 g/mol. The van der Waals surface area contributed by atoms with E-state index in [1.165, 1.54) is 48.2 Å². The Morgan fingerprint density at radius 3 is 1.69 bits per heavy atom. The minimum atomic E-state index is -0.513. The Morgan fingerprint density at radius 2 is 0.952 bits per heavy atom. The first kappa shape index (κ1) is 36.1. The fraction of sp³-hybridized carbons (Fsp3) is 0.0172. The Labute approximate surface area is 364 Å². The number of benzene rings is 8. The summed E-state index contributed by atoms with van der Waals surface area (Å²) in [7, 11) is 0. The summed E-state index contributed by atoms with van der Waals surface area (Å²) in [6.45, 7) is 0. The van der Waals surface area contributed by atoms with Gasteiger partial charge in [-0.05, 0) is 92.5 Å². The van der Waals surface area contributed by atoms with E-state index in [2.05, 4.69) is 194 Å². The first-order chi connectivity index (χ1) is 30.7. The monoisotopic (exact) mass is 807 g/mol. The summed E-state index contributed by atoms with van der Waals surface area (Å²) < 4.78 is 2.40. The first-order valence-electron chi connectivity index (χ1n) is 21.0. The zero-order valence-electron chi connectivity index (χ0n) is 33.6. The normalized spacial score (nSPS) is 12.6. The second kappa shape index (κ2) is 14.7. The zero-order valence-corrected chi connectivity index (χ0v) is 34.4. The van der Waals surface area contributed by atoms with Gasteiger partial charge in [0.2, 0.25) is 0 Å². The van der Waals surface area contributed by atoms with E-state index in [-0.39, 0.29) is 0 Å². The molecule has 0 saturated heterocycles. The van der Waals surface area contributed by atoms with Gasteiger partial charge in [0, 0.05) is 38.5 Å². The third-order valence-corrected chi connectivity index (χ3v) is 13.6. The minimum Gasteiger partial charge on any atom is -0.255 e. The summed E-state index contributed by atoms with van der Waals surface area (Å²) in [6, 6.07) is 78.6. The van der Waals surface area contributed by atoms with Crippen molar-refractivity contribution in [2.24, 2.45) is 0 Å². The molecule has 0 saturated carbocycles. The van der Waals surface area contributed by atoms with Crippen LogP contribution < -0.4 is 0 Å². The van der Waals surface area contributed by atoms with Crippen molar-refractivity contribution in [3.05, 3.63) is 247 Å². The number of aromatic nitrogens is 3. The van der Waals surface area contributed by atoms with Crippen LogP contribution in [0.5, 0.6) is 0 Å². The lowest BCUT2D eigenvalue weighted by atomic mass is 9.67. The van der Waals surface area contributed by atoms with Gasteiger partial charge >= 0.3 is 0 Å². The van der Waals surface area contributed by atoms with Crippen LogP contribution in [0, 0.1) is 0 Å². The maximum Gasteiger partial charge on any atom is 0.160 e. The molecule has 0 atom stereocenters. The summed E-state index contributed by atoms with van der Waals surface area (Å²) in [5.41, 5.74) is 17.4. The highest BCUT2D eigenvalue weighted by Gasteiger charge is 2.46. The molecule has 1 aliphatic carbocycles. The number of pyridine rings is 1. The van der Waals surface area contributed by atoms with Crippen LogP contribution >= 0.6 is 11.3 Å². The van der Waals surface area contributed by atoms with Crippen LogP contribution in [0.4, 0.5) is 0 Å². The highest BCUT2D eigenvalue weighted by molar-refractivity contribution is 7.26. The van der Waals surface area contributed by atoms with Crippen LogP contribution in [-0.4, -0.2) is 15.0 Å². The summed E-state index contributed by atoms with van der Waals surface area (Å²) in [5.74, 6) is 0.690. The third kappa shape index (κ3) is 5.83. The van der Waals surface area contributed by atoms with Gasteiger partial charge < -0.3 is 0 Å². The molecule has 0 N–H and O–H groups in total. The quantitative estimate of drug-likeness (QED) is 0.161. The molecule has 0 spiro atoms. The van der Waals surface area contributed by atoms with E-state index < -0.39 is 5.41 Å². The Kier molecular flexibility index (Phi) is 8.58. The summed E-state index contributed by atoms with van der Waals surface area (Å²) in [6.07, 6.45) is 1.95. The lowest BCUT2D eigenvalue weighted by molar-refractivity contribution is 0.769. The maximum absolute atomic E-state index is 5.33. The van der Waals surface area contributed by atoms with Gasteiger partial charge in [-0.1, -0.05) is 176 Å². The van der Waals surface area contributed by atoms with Gasteiger partial charge in [0.1, 0.15) is 0 Å². The number of hydrogen-bond donors (Lipinski definition) is 0. The van der Waals surface area contributed by atoms with E-state index in [1.807, 2.05) is 30.5 Å². The smallest absolute Gasteiger partial charge is 0.160 e. The summed E-state index contributed by atoms with van der Waals surface area (Å²) in [5, 5.41) is 1.18. The molecule has 1 aliphatic rings. The highest BCUT2D eigenvalue weighted by Crippen LogP contribution is 2.57. The predicted octanol–water partition coefficient (Wildman–Crippen LogP) is 14.9. The van der Waals surface area contributed by atoms with Gasteiger partial charge in [-0.2, -0.15) is 0 Å². The molecule has 290 valence electrons. The van der Waals surface area contributed by atoms with Crippen molar-refractivity contribution in [2.75, 3.05) is 0 Å². The van der Waals surface area contributed by atoms with E-state index in [4.69, 9.17) is 15.0 Å². The summed E-state index contributed by atoms with van der Waals surface area (Å²) >= 11 is 1.80. The molecule has 3 aromatic heterocycles. The van der Waals surface area contributed by atoms with Crippen LogP contribution in [0.3, 0.4) is 0 Å². The average Bonchev–Trinajstić information content (AvgIpc) is 3.89. The topological polar surface area (TPSA) is 38.7 Å². The van der Waals surface area contributed by atoms with Gasteiger partial charge in [0.15, 0.2) is 5.82 Å². The van der Waals surface area contributed by atoms with Crippen LogP contribution in [0.1, 0.15) is 22.3 Å². The van der Waals surface area contributed by atoms with Gasteiger partial charge in [-0.25, -0.2) is 9.97 Å². The average molecular weight is 808 g/mol. The molecular formula is C58H37N3S. The molecule has 4 heteroatoms. The van der Waals surface area contributed by atoms with Gasteiger partial charge in [0.25, 0.3) is 0 Å². The van der Waals surface area contributed by atoms with Crippen molar-refractivity contribution in [1.29, 1.82) is 0 Å². The molecule has 3 heterocycles. The van der Waals surface area contributed by atoms with Crippen molar-refractivity contribution >= 4 is 31.6 Å². The molecule has 0 aliphatic heterocycles. The fourth-order valence-corrected chi connectivity index (χ4v) is 10.8. The van der Waals surface area contributed by atoms with Crippen LogP contribution in [-0.2, 0) is 5.41 Å². The molecule has 0 radical (unpaired) electrons. The Bertz CT molecular complexity index is 3350. The summed E-state index contributed by atoms with van der Waals surface area (Å²) in [4.78, 5) is 15.4. The molecule has 12 rings (SSSR count). The molecule has 3 nitrogen and oxygen atoms in total. The van der Waals surface area contributed by atoms with Crippen molar-refractivity contribution in [3.8, 4) is 67.3 Å². The Morgan fingerprint density at radius 1 is 0.371 bits per heavy atom. The second-order valence-electron chi connectivity index (χ2n) is 15.9. The molecule has 0 fully saturated rings. The molecule has 11 aromatic rings. The Hall–Kier alpha value is -7.79. The van der Waals surface area contributed by atoms with Crippen LogP contribution in [0.15, 0.2) is 225 Å². The first-order valence-corrected chi connectivity index (χ1v) is 21.8. The van der Waals surface area contributed by atoms with E-state index >= 15 is 0 Å². The third-order valence-electron chi connectivity index (χ3n) is 12.4. The van der Waals surface area contributed by atoms with E-state index in [0.29, 0.717) is 5.82 Å². The van der Waals surface area contributed by atoms with Gasteiger partial charge in [-0.3, -0.25) is 4.98 Å². The maximum atomic E-state index is 5.33. The van der Waals surface area contributed by atoms with Gasteiger partial charge in [0.05, 0.1) is 27.0 Å². The number of nitrogens with zero attached hydrogens (tertiary/aromatic N) is 3. The SMILES string of the molecule is c1ccc(-c2cc(-c3cc(-c4ccc5c(c4)C(c4ccccc4)(c4ccccc4)c4ccccc4-5)cc(-c4ccnc5c4sc4ccccc45)c3)nc(-c3ccccc3)n2)cc1. The van der Waals surface area contributed by atoms with Gasteiger partial charge in [-0.15, -0.1) is 11.3 Å². The molecule has 0 bridgehead atoms. The van der Waals surface area contributed by atoms with Crippen molar-refractivity contribution in [1.82, 2.24) is 15.0 Å². The van der Waals surface area contributed by atoms with Crippen molar-refractivity contribution in [2.45, 2.75) is 5.41 Å². The number of fused-ring (bicyclic) bond motifs is 6. The number of rotatable bonds is 7. The van der Waals surface area contributed by atoms with Crippen molar-refractivity contribution < 1.29 is 0 Å². The fourth-order valence-electron chi connectivity index (χ4n) is 9.62. The lowest BCUT2D eigenvalue weighted by Crippen LogP contribution is -2.28. The highest BCUT2D eigenvalue weighted by atomic mass is 32.1. The standard InChI is InChI=1S/C58H37N3S/c1-5-17-38(18-6-1)52-37-53(61-57(60-52)39-19-7-2-8-20-39)43-34-41(33-42(35-43)46-31-32-59-55-49-26-14-16-28-54(49)62-56(46)55)40-29-30-48-47-25-13-15-27-50(47)58(51(48)36-40,44-21-9-3-10-22-44)45-23-11-4-12-24-45/h1-37H. The Balaban J connectivity index is 1.13. The zero-order chi connectivity index (χ0) is 41.0. The molecule has 0 unspecified atom stereocenters. The van der Waals surface area contributed by atoms with E-state index in [9.17, 15) is 0 Å². The minimum absolute atomic E-state index is 0.513. The van der Waals surface area contributed by atoms with Crippen molar-refractivity contribution in [3.63, 3.8) is 0 Å². The molecule has 8 aromatic carbocycles. The van der Waals surface area contributed by atoms with E-state index in [0.717, 1.165) is 55.8 Å². The number of hydrogen-bond acceptors (Lipinski definition) is 4. The number of thiophene rings is 1. The lowest BCUT2D eigenvalue weighted by Gasteiger charge is -2.34. The molecule has 0 amide bonds. The van der Waals surface area contributed by atoms with E-state index in [1.54, 1.807) is 11.3 Å². The van der Waals surface area contributed by atoms with Crippen LogP contribution in [0.2, 0.25) is 0 Å². The second-order valence-corrected chi connectivity index (χ2v) is 17.0. The van der Waals surface area contributed by atoms with Crippen LogP contribution in [0.25, 0.3) is 87.6 Å².